The summed E-state index contributed by atoms with van der Waals surface area (Å²) in [5.41, 5.74) is 1.44. The lowest BCUT2D eigenvalue weighted by Crippen LogP contribution is -2.26. The van der Waals surface area contributed by atoms with E-state index in [1.807, 2.05) is 13.8 Å². The molecule has 122 valence electrons. The molecule has 2 rings (SSSR count). The number of ether oxygens (including phenoxy) is 1. The lowest BCUT2D eigenvalue weighted by atomic mass is 10.2. The number of carboxylic acid groups (broad SMARTS) is 1. The molecule has 7 heteroatoms. The summed E-state index contributed by atoms with van der Waals surface area (Å²) in [4.78, 5) is 29.6. The number of carbonyl (C=O) groups excluding carboxylic acids is 1. The number of hydrogen-bond donors (Lipinski definition) is 1. The van der Waals surface area contributed by atoms with Crippen molar-refractivity contribution in [2.75, 3.05) is 18.6 Å². The average molecular weight is 334 g/mol. The number of amides is 1. The SMILES string of the molecule is CCc1nc(C)c(C(=O)N(C)c2ccc(OCC(=O)O)cc2)s1. The van der Waals surface area contributed by atoms with Crippen LogP contribution < -0.4 is 9.64 Å². The van der Waals surface area contributed by atoms with E-state index < -0.39 is 12.6 Å². The fraction of sp³-hybridized carbons (Fsp3) is 0.312. The predicted molar refractivity (Wildman–Crippen MR) is 88.5 cm³/mol. The molecule has 0 saturated heterocycles. The molecule has 0 radical (unpaired) electrons. The van der Waals surface area contributed by atoms with E-state index in [0.717, 1.165) is 17.1 Å². The largest absolute Gasteiger partial charge is 0.482 e. The molecule has 1 heterocycles. The second-order valence-corrected chi connectivity index (χ2v) is 6.00. The first-order valence-electron chi connectivity index (χ1n) is 7.11. The molecule has 1 aromatic heterocycles. The Morgan fingerprint density at radius 2 is 1.96 bits per heavy atom. The summed E-state index contributed by atoms with van der Waals surface area (Å²) >= 11 is 1.41. The van der Waals surface area contributed by atoms with E-state index in [4.69, 9.17) is 9.84 Å². The van der Waals surface area contributed by atoms with Crippen molar-refractivity contribution in [1.82, 2.24) is 4.98 Å². The van der Waals surface area contributed by atoms with Crippen molar-refractivity contribution in [1.29, 1.82) is 0 Å². The Balaban J connectivity index is 2.12. The summed E-state index contributed by atoms with van der Waals surface area (Å²) in [7, 11) is 1.69. The number of rotatable bonds is 6. The highest BCUT2D eigenvalue weighted by Gasteiger charge is 2.19. The van der Waals surface area contributed by atoms with Crippen LogP contribution in [0.15, 0.2) is 24.3 Å². The number of anilines is 1. The first-order chi connectivity index (χ1) is 10.9. The molecule has 0 saturated carbocycles. The maximum Gasteiger partial charge on any atom is 0.341 e. The number of nitrogens with zero attached hydrogens (tertiary/aromatic N) is 2. The Morgan fingerprint density at radius 1 is 1.30 bits per heavy atom. The summed E-state index contributed by atoms with van der Waals surface area (Å²) in [6.45, 7) is 3.44. The third kappa shape index (κ3) is 4.07. The summed E-state index contributed by atoms with van der Waals surface area (Å²) in [6.07, 6.45) is 0.804. The number of carboxylic acids is 1. The molecule has 0 fully saturated rings. The molecule has 0 unspecified atom stereocenters. The van der Waals surface area contributed by atoms with Crippen molar-refractivity contribution in [3.63, 3.8) is 0 Å². The Bertz CT molecular complexity index is 709. The molecular formula is C16H18N2O4S. The Labute approximate surface area is 138 Å². The lowest BCUT2D eigenvalue weighted by molar-refractivity contribution is -0.139. The van der Waals surface area contributed by atoms with Gasteiger partial charge in [-0.1, -0.05) is 6.92 Å². The smallest absolute Gasteiger partial charge is 0.341 e. The zero-order valence-corrected chi connectivity index (χ0v) is 14.0. The summed E-state index contributed by atoms with van der Waals surface area (Å²) in [5.74, 6) is -0.702. The van der Waals surface area contributed by atoms with Gasteiger partial charge in [-0.3, -0.25) is 4.79 Å². The zero-order valence-electron chi connectivity index (χ0n) is 13.2. The summed E-state index contributed by atoms with van der Waals surface area (Å²) in [6, 6.07) is 6.70. The second-order valence-electron chi connectivity index (χ2n) is 4.92. The average Bonchev–Trinajstić information content (AvgIpc) is 2.93. The van der Waals surface area contributed by atoms with Gasteiger partial charge in [0.1, 0.15) is 10.6 Å². The highest BCUT2D eigenvalue weighted by molar-refractivity contribution is 7.13. The van der Waals surface area contributed by atoms with Crippen molar-refractivity contribution < 1.29 is 19.4 Å². The van der Waals surface area contributed by atoms with Gasteiger partial charge >= 0.3 is 5.97 Å². The quantitative estimate of drug-likeness (QED) is 0.878. The van der Waals surface area contributed by atoms with Crippen LogP contribution in [-0.4, -0.2) is 35.6 Å². The lowest BCUT2D eigenvalue weighted by Gasteiger charge is -2.17. The number of carbonyl (C=O) groups is 2. The zero-order chi connectivity index (χ0) is 17.0. The van der Waals surface area contributed by atoms with Crippen LogP contribution in [0.5, 0.6) is 5.75 Å². The monoisotopic (exact) mass is 334 g/mol. The first-order valence-corrected chi connectivity index (χ1v) is 7.93. The van der Waals surface area contributed by atoms with E-state index in [2.05, 4.69) is 4.98 Å². The van der Waals surface area contributed by atoms with Gasteiger partial charge in [-0.05, 0) is 37.6 Å². The van der Waals surface area contributed by atoms with E-state index in [9.17, 15) is 9.59 Å². The van der Waals surface area contributed by atoms with Crippen molar-refractivity contribution >= 4 is 28.9 Å². The third-order valence-electron chi connectivity index (χ3n) is 3.23. The van der Waals surface area contributed by atoms with Gasteiger partial charge in [0, 0.05) is 12.7 Å². The number of thiazole rings is 1. The van der Waals surface area contributed by atoms with E-state index in [0.29, 0.717) is 16.3 Å². The first kappa shape index (κ1) is 17.0. The highest BCUT2D eigenvalue weighted by atomic mass is 32.1. The molecule has 2 aromatic rings. The van der Waals surface area contributed by atoms with Gasteiger partial charge in [-0.15, -0.1) is 11.3 Å². The summed E-state index contributed by atoms with van der Waals surface area (Å²) < 4.78 is 5.07. The minimum absolute atomic E-state index is 0.112. The van der Waals surface area contributed by atoms with Gasteiger partial charge < -0.3 is 14.7 Å². The molecule has 6 nitrogen and oxygen atoms in total. The van der Waals surface area contributed by atoms with Crippen LogP contribution >= 0.6 is 11.3 Å². The third-order valence-corrected chi connectivity index (χ3v) is 4.52. The van der Waals surface area contributed by atoms with Crippen LogP contribution in [0.3, 0.4) is 0 Å². The normalized spacial score (nSPS) is 10.4. The van der Waals surface area contributed by atoms with Crippen molar-refractivity contribution in [3.05, 3.63) is 39.8 Å². The number of aryl methyl sites for hydroxylation is 2. The fourth-order valence-electron chi connectivity index (χ4n) is 1.98. The summed E-state index contributed by atoms with van der Waals surface area (Å²) in [5, 5.41) is 9.52. The molecule has 0 aliphatic rings. The molecule has 0 spiro atoms. The van der Waals surface area contributed by atoms with Crippen LogP contribution in [0.4, 0.5) is 5.69 Å². The molecule has 0 aliphatic carbocycles. The van der Waals surface area contributed by atoms with Crippen LogP contribution in [0.2, 0.25) is 0 Å². The van der Waals surface area contributed by atoms with Gasteiger partial charge in [0.25, 0.3) is 5.91 Å². The number of aliphatic carboxylic acids is 1. The standard InChI is InChI=1S/C16H18N2O4S/c1-4-13-17-10(2)15(23-13)16(21)18(3)11-5-7-12(8-6-11)22-9-14(19)20/h5-8H,4,9H2,1-3H3,(H,19,20). The van der Waals surface area contributed by atoms with E-state index >= 15 is 0 Å². The van der Waals surface area contributed by atoms with Crippen LogP contribution in [0.25, 0.3) is 0 Å². The highest BCUT2D eigenvalue weighted by Crippen LogP contribution is 2.24. The molecule has 0 bridgehead atoms. The molecule has 23 heavy (non-hydrogen) atoms. The van der Waals surface area contributed by atoms with Crippen molar-refractivity contribution in [2.45, 2.75) is 20.3 Å². The van der Waals surface area contributed by atoms with Crippen molar-refractivity contribution in [3.8, 4) is 5.75 Å². The van der Waals surface area contributed by atoms with E-state index in [1.165, 1.54) is 11.3 Å². The topological polar surface area (TPSA) is 79.7 Å². The van der Waals surface area contributed by atoms with Gasteiger partial charge in [0.15, 0.2) is 6.61 Å². The molecule has 1 amide bonds. The number of benzene rings is 1. The maximum atomic E-state index is 12.6. The van der Waals surface area contributed by atoms with E-state index in [1.54, 1.807) is 36.2 Å². The number of aromatic nitrogens is 1. The molecule has 0 aliphatic heterocycles. The number of hydrogen-bond acceptors (Lipinski definition) is 5. The van der Waals surface area contributed by atoms with Gasteiger partial charge in [-0.25, -0.2) is 9.78 Å². The van der Waals surface area contributed by atoms with Gasteiger partial charge in [0.05, 0.1) is 10.7 Å². The Kier molecular flexibility index (Phi) is 5.33. The van der Waals surface area contributed by atoms with E-state index in [-0.39, 0.29) is 5.91 Å². The van der Waals surface area contributed by atoms with Gasteiger partial charge in [0.2, 0.25) is 0 Å². The van der Waals surface area contributed by atoms with Crippen LogP contribution in [0.1, 0.15) is 27.3 Å². The second kappa shape index (κ2) is 7.23. The Morgan fingerprint density at radius 3 is 2.48 bits per heavy atom. The van der Waals surface area contributed by atoms with Crippen LogP contribution in [0, 0.1) is 6.92 Å². The maximum absolute atomic E-state index is 12.6. The van der Waals surface area contributed by atoms with Crippen molar-refractivity contribution in [2.24, 2.45) is 0 Å². The predicted octanol–water partition coefficient (Wildman–Crippen LogP) is 2.75. The molecular weight excluding hydrogens is 316 g/mol. The minimum atomic E-state index is -1.03. The minimum Gasteiger partial charge on any atom is -0.482 e. The Hall–Kier alpha value is -2.41. The molecule has 1 aromatic carbocycles. The fourth-order valence-corrected chi connectivity index (χ4v) is 2.96. The molecule has 1 N–H and O–H groups in total. The van der Waals surface area contributed by atoms with Gasteiger partial charge in [-0.2, -0.15) is 0 Å². The van der Waals surface area contributed by atoms with Crippen LogP contribution in [-0.2, 0) is 11.2 Å². The molecule has 0 atom stereocenters.